The summed E-state index contributed by atoms with van der Waals surface area (Å²) in [6, 6.07) is 1.79. The Hall–Kier alpha value is -0.770. The first-order valence-corrected chi connectivity index (χ1v) is 5.89. The number of ether oxygens (including phenoxy) is 1. The molecular formula is C11H15BrO3. The lowest BCUT2D eigenvalue weighted by atomic mass is 10.0. The van der Waals surface area contributed by atoms with E-state index in [0.717, 1.165) is 17.3 Å². The number of rotatable bonds is 5. The van der Waals surface area contributed by atoms with Crippen LogP contribution in [-0.4, -0.2) is 12.6 Å². The van der Waals surface area contributed by atoms with Gasteiger partial charge in [-0.2, -0.15) is 0 Å². The molecule has 0 aromatic carbocycles. The molecule has 3 nitrogen and oxygen atoms in total. The molecule has 0 fully saturated rings. The Morgan fingerprint density at radius 1 is 1.60 bits per heavy atom. The van der Waals surface area contributed by atoms with Crippen LogP contribution in [0.2, 0.25) is 0 Å². The molecule has 0 saturated heterocycles. The Labute approximate surface area is 97.9 Å². The smallest absolute Gasteiger partial charge is 0.316 e. The van der Waals surface area contributed by atoms with Crippen LogP contribution in [0.15, 0.2) is 21.2 Å². The van der Waals surface area contributed by atoms with Gasteiger partial charge in [-0.1, -0.05) is 13.3 Å². The second-order valence-corrected chi connectivity index (χ2v) is 4.08. The first-order valence-electron chi connectivity index (χ1n) is 5.10. The van der Waals surface area contributed by atoms with Crippen molar-refractivity contribution < 1.29 is 13.9 Å². The van der Waals surface area contributed by atoms with Crippen molar-refractivity contribution in [2.75, 3.05) is 6.61 Å². The lowest BCUT2D eigenvalue weighted by molar-refractivity contribution is -0.145. The van der Waals surface area contributed by atoms with Crippen LogP contribution in [0.1, 0.15) is 38.4 Å². The number of furan rings is 1. The molecular weight excluding hydrogens is 260 g/mol. The second-order valence-electron chi connectivity index (χ2n) is 3.23. The Kier molecular flexibility index (Phi) is 4.88. The second kappa shape index (κ2) is 5.95. The van der Waals surface area contributed by atoms with E-state index in [1.807, 2.05) is 6.92 Å². The van der Waals surface area contributed by atoms with Crippen LogP contribution in [0.25, 0.3) is 0 Å². The molecule has 15 heavy (non-hydrogen) atoms. The molecule has 1 heterocycles. The Bertz CT molecular complexity index is 319. The van der Waals surface area contributed by atoms with E-state index in [1.54, 1.807) is 19.3 Å². The van der Waals surface area contributed by atoms with Gasteiger partial charge in [0.15, 0.2) is 0 Å². The van der Waals surface area contributed by atoms with Gasteiger partial charge in [0.2, 0.25) is 0 Å². The number of carbonyl (C=O) groups excluding carboxylic acids is 1. The molecule has 4 heteroatoms. The zero-order chi connectivity index (χ0) is 11.3. The normalized spacial score (nSPS) is 12.5. The predicted molar refractivity (Wildman–Crippen MR) is 60.7 cm³/mol. The van der Waals surface area contributed by atoms with Gasteiger partial charge in [0.05, 0.1) is 17.3 Å². The van der Waals surface area contributed by atoms with E-state index >= 15 is 0 Å². The maximum atomic E-state index is 11.7. The molecule has 1 atom stereocenters. The Morgan fingerprint density at radius 2 is 2.33 bits per heavy atom. The third kappa shape index (κ3) is 3.09. The van der Waals surface area contributed by atoms with E-state index < -0.39 is 0 Å². The van der Waals surface area contributed by atoms with Crippen molar-refractivity contribution >= 4 is 21.9 Å². The molecule has 0 amide bonds. The molecule has 0 aliphatic carbocycles. The number of hydrogen-bond donors (Lipinski definition) is 0. The van der Waals surface area contributed by atoms with Gasteiger partial charge < -0.3 is 9.15 Å². The van der Waals surface area contributed by atoms with Crippen molar-refractivity contribution in [2.45, 2.75) is 32.6 Å². The number of esters is 1. The first-order chi connectivity index (χ1) is 7.20. The van der Waals surface area contributed by atoms with Gasteiger partial charge in [0.25, 0.3) is 0 Å². The number of halogens is 1. The largest absolute Gasteiger partial charge is 0.467 e. The van der Waals surface area contributed by atoms with Gasteiger partial charge in [-0.15, -0.1) is 0 Å². The fraction of sp³-hybridized carbons (Fsp3) is 0.545. The minimum atomic E-state index is -0.292. The minimum Gasteiger partial charge on any atom is -0.467 e. The zero-order valence-corrected chi connectivity index (χ0v) is 10.5. The van der Waals surface area contributed by atoms with Crippen LogP contribution in [0, 0.1) is 0 Å². The Morgan fingerprint density at radius 3 is 2.80 bits per heavy atom. The number of hydrogen-bond acceptors (Lipinski definition) is 3. The van der Waals surface area contributed by atoms with Gasteiger partial charge in [0.1, 0.15) is 11.7 Å². The highest BCUT2D eigenvalue weighted by Crippen LogP contribution is 2.30. The molecule has 0 aliphatic rings. The maximum Gasteiger partial charge on any atom is 0.316 e. The highest BCUT2D eigenvalue weighted by Gasteiger charge is 2.25. The molecule has 1 rings (SSSR count). The van der Waals surface area contributed by atoms with E-state index in [1.165, 1.54) is 0 Å². The minimum absolute atomic E-state index is 0.213. The van der Waals surface area contributed by atoms with Crippen LogP contribution in [0.4, 0.5) is 0 Å². The molecule has 0 radical (unpaired) electrons. The summed E-state index contributed by atoms with van der Waals surface area (Å²) in [5.74, 6) is 0.157. The molecule has 0 bridgehead atoms. The predicted octanol–water partition coefficient (Wildman–Crippen LogP) is 3.49. The fourth-order valence-electron chi connectivity index (χ4n) is 1.44. The van der Waals surface area contributed by atoms with Crippen LogP contribution in [-0.2, 0) is 9.53 Å². The molecule has 1 aromatic rings. The molecule has 84 valence electrons. The van der Waals surface area contributed by atoms with E-state index in [4.69, 9.17) is 9.15 Å². The van der Waals surface area contributed by atoms with Crippen molar-refractivity contribution in [3.05, 3.63) is 22.6 Å². The third-order valence-electron chi connectivity index (χ3n) is 2.11. The summed E-state index contributed by atoms with van der Waals surface area (Å²) in [5, 5.41) is 0. The summed E-state index contributed by atoms with van der Waals surface area (Å²) in [4.78, 5) is 11.7. The van der Waals surface area contributed by atoms with Gasteiger partial charge in [-0.05, 0) is 35.3 Å². The van der Waals surface area contributed by atoms with E-state index in [0.29, 0.717) is 12.4 Å². The lowest BCUT2D eigenvalue weighted by Gasteiger charge is -2.12. The topological polar surface area (TPSA) is 39.4 Å². The molecule has 0 aliphatic heterocycles. The first kappa shape index (κ1) is 12.3. The average Bonchev–Trinajstić information content (AvgIpc) is 2.61. The van der Waals surface area contributed by atoms with Crippen LogP contribution in [0.5, 0.6) is 0 Å². The van der Waals surface area contributed by atoms with Crippen molar-refractivity contribution in [2.24, 2.45) is 0 Å². The summed E-state index contributed by atoms with van der Waals surface area (Å²) in [7, 11) is 0. The summed E-state index contributed by atoms with van der Waals surface area (Å²) < 4.78 is 11.1. The summed E-state index contributed by atoms with van der Waals surface area (Å²) in [6.45, 7) is 4.23. The van der Waals surface area contributed by atoms with E-state index in [9.17, 15) is 4.79 Å². The van der Waals surface area contributed by atoms with E-state index in [2.05, 4.69) is 15.9 Å². The quantitative estimate of drug-likeness (QED) is 0.772. The monoisotopic (exact) mass is 274 g/mol. The molecule has 1 unspecified atom stereocenters. The summed E-state index contributed by atoms with van der Waals surface area (Å²) >= 11 is 3.35. The zero-order valence-electron chi connectivity index (χ0n) is 8.96. The van der Waals surface area contributed by atoms with E-state index in [-0.39, 0.29) is 11.9 Å². The van der Waals surface area contributed by atoms with Crippen LogP contribution in [0.3, 0.4) is 0 Å². The number of carbonyl (C=O) groups is 1. The maximum absolute atomic E-state index is 11.7. The lowest BCUT2D eigenvalue weighted by Crippen LogP contribution is -2.15. The van der Waals surface area contributed by atoms with Gasteiger partial charge in [-0.25, -0.2) is 0 Å². The average molecular weight is 275 g/mol. The highest BCUT2D eigenvalue weighted by molar-refractivity contribution is 9.10. The molecule has 0 N–H and O–H groups in total. The third-order valence-corrected chi connectivity index (χ3v) is 2.76. The standard InChI is InChI=1S/C11H15BrO3/c1-3-5-8(11(13)14-4-2)10-9(12)6-7-15-10/h6-8H,3-5H2,1-2H3. The SMILES string of the molecule is CCCC(C(=O)OCC)c1occc1Br. The Balaban J connectivity index is 2.83. The van der Waals surface area contributed by atoms with Crippen molar-refractivity contribution in [1.82, 2.24) is 0 Å². The molecule has 1 aromatic heterocycles. The van der Waals surface area contributed by atoms with Gasteiger partial charge in [-0.3, -0.25) is 4.79 Å². The summed E-state index contributed by atoms with van der Waals surface area (Å²) in [5.41, 5.74) is 0. The molecule has 0 spiro atoms. The molecule has 0 saturated carbocycles. The van der Waals surface area contributed by atoms with Gasteiger partial charge in [0, 0.05) is 0 Å². The van der Waals surface area contributed by atoms with Crippen molar-refractivity contribution in [3.63, 3.8) is 0 Å². The van der Waals surface area contributed by atoms with Crippen LogP contribution < -0.4 is 0 Å². The van der Waals surface area contributed by atoms with Crippen molar-refractivity contribution in [3.8, 4) is 0 Å². The fourth-order valence-corrected chi connectivity index (χ4v) is 1.92. The highest BCUT2D eigenvalue weighted by atomic mass is 79.9. The van der Waals surface area contributed by atoms with Crippen molar-refractivity contribution in [1.29, 1.82) is 0 Å². The van der Waals surface area contributed by atoms with Crippen LogP contribution >= 0.6 is 15.9 Å². The van der Waals surface area contributed by atoms with Gasteiger partial charge >= 0.3 is 5.97 Å². The summed E-state index contributed by atoms with van der Waals surface area (Å²) in [6.07, 6.45) is 3.23.